The lowest BCUT2D eigenvalue weighted by Gasteiger charge is -2.20. The van der Waals surface area contributed by atoms with Gasteiger partial charge in [0.25, 0.3) is 0 Å². The Hall–Kier alpha value is -0.770. The van der Waals surface area contributed by atoms with Crippen LogP contribution in [0.4, 0.5) is 5.69 Å². The summed E-state index contributed by atoms with van der Waals surface area (Å²) >= 11 is 5.85. The summed E-state index contributed by atoms with van der Waals surface area (Å²) < 4.78 is 0. The van der Waals surface area contributed by atoms with Gasteiger partial charge < -0.3 is 16.2 Å². The number of hydrogen-bond donors (Lipinski definition) is 3. The van der Waals surface area contributed by atoms with E-state index in [-0.39, 0.29) is 6.04 Å². The van der Waals surface area contributed by atoms with Crippen LogP contribution in [0.3, 0.4) is 0 Å². The molecule has 2 atom stereocenters. The third-order valence-electron chi connectivity index (χ3n) is 2.33. The maximum absolute atomic E-state index is 9.89. The van der Waals surface area contributed by atoms with Gasteiger partial charge in [-0.25, -0.2) is 0 Å². The van der Waals surface area contributed by atoms with Gasteiger partial charge in [0.1, 0.15) is 0 Å². The molecule has 1 aromatic carbocycles. The van der Waals surface area contributed by atoms with Crippen LogP contribution >= 0.6 is 11.6 Å². The molecule has 4 N–H and O–H groups in total. The van der Waals surface area contributed by atoms with Crippen LogP contribution in [-0.4, -0.2) is 18.2 Å². The molecule has 1 aromatic rings. The molecule has 3 nitrogen and oxygen atoms in total. The Morgan fingerprint density at radius 1 is 1.50 bits per heavy atom. The van der Waals surface area contributed by atoms with Crippen molar-refractivity contribution in [3.05, 3.63) is 28.8 Å². The van der Waals surface area contributed by atoms with Crippen molar-refractivity contribution >= 4 is 17.3 Å². The van der Waals surface area contributed by atoms with Gasteiger partial charge in [-0.2, -0.15) is 0 Å². The molecular weight excluding hydrogens is 200 g/mol. The highest BCUT2D eigenvalue weighted by Gasteiger charge is 2.17. The summed E-state index contributed by atoms with van der Waals surface area (Å²) in [5, 5.41) is 13.3. The van der Waals surface area contributed by atoms with Crippen molar-refractivity contribution in [3.8, 4) is 0 Å². The van der Waals surface area contributed by atoms with Gasteiger partial charge in [-0.1, -0.05) is 23.7 Å². The van der Waals surface area contributed by atoms with Crippen molar-refractivity contribution in [1.82, 2.24) is 5.32 Å². The zero-order chi connectivity index (χ0) is 10.7. The Morgan fingerprint density at radius 3 is 2.71 bits per heavy atom. The lowest BCUT2D eigenvalue weighted by atomic mass is 10.0. The van der Waals surface area contributed by atoms with Crippen LogP contribution in [0.2, 0.25) is 5.02 Å². The van der Waals surface area contributed by atoms with Gasteiger partial charge in [0.2, 0.25) is 0 Å². The van der Waals surface area contributed by atoms with E-state index in [1.165, 1.54) is 0 Å². The number of nitrogen functional groups attached to an aromatic ring is 1. The van der Waals surface area contributed by atoms with Crippen molar-refractivity contribution in [1.29, 1.82) is 0 Å². The molecule has 0 amide bonds. The average molecular weight is 215 g/mol. The van der Waals surface area contributed by atoms with Crippen molar-refractivity contribution in [2.75, 3.05) is 12.8 Å². The van der Waals surface area contributed by atoms with E-state index in [0.717, 1.165) is 0 Å². The number of nitrogens with one attached hydrogen (secondary N) is 1. The Kier molecular flexibility index (Phi) is 3.75. The van der Waals surface area contributed by atoms with Gasteiger partial charge in [0, 0.05) is 11.6 Å². The maximum atomic E-state index is 9.89. The average Bonchev–Trinajstić information content (AvgIpc) is 2.20. The number of halogens is 1. The molecule has 0 radical (unpaired) electrons. The summed E-state index contributed by atoms with van der Waals surface area (Å²) in [6, 6.07) is 5.20. The molecule has 0 fully saturated rings. The third kappa shape index (κ3) is 2.18. The van der Waals surface area contributed by atoms with Crippen molar-refractivity contribution in [2.45, 2.75) is 19.1 Å². The predicted octanol–water partition coefficient (Wildman–Crippen LogP) is 1.56. The van der Waals surface area contributed by atoms with Crippen molar-refractivity contribution in [3.63, 3.8) is 0 Å². The number of aliphatic hydroxyl groups is 1. The van der Waals surface area contributed by atoms with E-state index in [0.29, 0.717) is 16.3 Å². The number of para-hydroxylation sites is 1. The SMILES string of the molecule is CNC(C)C(O)c1cccc(Cl)c1N. The second kappa shape index (κ2) is 4.64. The van der Waals surface area contributed by atoms with Gasteiger partial charge in [-0.05, 0) is 20.0 Å². The van der Waals surface area contributed by atoms with Gasteiger partial charge in [0.05, 0.1) is 16.8 Å². The molecule has 0 spiro atoms. The normalized spacial score (nSPS) is 15.1. The Labute approximate surface area is 88.9 Å². The molecule has 78 valence electrons. The quantitative estimate of drug-likeness (QED) is 0.670. The van der Waals surface area contributed by atoms with Crippen molar-refractivity contribution < 1.29 is 5.11 Å². The Bertz CT molecular complexity index is 317. The third-order valence-corrected chi connectivity index (χ3v) is 2.66. The summed E-state index contributed by atoms with van der Waals surface area (Å²) in [4.78, 5) is 0. The predicted molar refractivity (Wildman–Crippen MR) is 59.3 cm³/mol. The van der Waals surface area contributed by atoms with Gasteiger partial charge in [-0.15, -0.1) is 0 Å². The number of nitrogens with two attached hydrogens (primary N) is 1. The fourth-order valence-electron chi connectivity index (χ4n) is 1.24. The van der Waals surface area contributed by atoms with Gasteiger partial charge in [0.15, 0.2) is 0 Å². The molecule has 0 saturated heterocycles. The highest BCUT2D eigenvalue weighted by molar-refractivity contribution is 6.33. The molecule has 0 aliphatic heterocycles. The van der Waals surface area contributed by atoms with Crippen LogP contribution in [0.25, 0.3) is 0 Å². The molecule has 0 heterocycles. The van der Waals surface area contributed by atoms with Crippen LogP contribution in [0.1, 0.15) is 18.6 Å². The molecule has 14 heavy (non-hydrogen) atoms. The smallest absolute Gasteiger partial charge is 0.0960 e. The van der Waals surface area contributed by atoms with Crippen LogP contribution in [0.15, 0.2) is 18.2 Å². The zero-order valence-electron chi connectivity index (χ0n) is 8.29. The number of anilines is 1. The molecule has 4 heteroatoms. The monoisotopic (exact) mass is 214 g/mol. The number of benzene rings is 1. The van der Waals surface area contributed by atoms with E-state index >= 15 is 0 Å². The minimum absolute atomic E-state index is 0.0595. The van der Waals surface area contributed by atoms with E-state index in [9.17, 15) is 5.11 Å². The summed E-state index contributed by atoms with van der Waals surface area (Å²) in [6.45, 7) is 1.88. The fraction of sp³-hybridized carbons (Fsp3) is 0.400. The summed E-state index contributed by atoms with van der Waals surface area (Å²) in [6.07, 6.45) is -0.640. The summed E-state index contributed by atoms with van der Waals surface area (Å²) in [5.41, 5.74) is 6.87. The molecule has 0 aromatic heterocycles. The maximum Gasteiger partial charge on any atom is 0.0960 e. The molecule has 0 bridgehead atoms. The summed E-state index contributed by atoms with van der Waals surface area (Å²) in [7, 11) is 1.79. The number of likely N-dealkylation sites (N-methyl/N-ethyl adjacent to an activating group) is 1. The highest BCUT2D eigenvalue weighted by atomic mass is 35.5. The highest BCUT2D eigenvalue weighted by Crippen LogP contribution is 2.28. The van der Waals surface area contributed by atoms with E-state index < -0.39 is 6.10 Å². The summed E-state index contributed by atoms with van der Waals surface area (Å²) in [5.74, 6) is 0. The minimum atomic E-state index is -0.640. The molecule has 1 rings (SSSR count). The van der Waals surface area contributed by atoms with Crippen LogP contribution in [0.5, 0.6) is 0 Å². The number of aliphatic hydroxyl groups excluding tert-OH is 1. The fourth-order valence-corrected chi connectivity index (χ4v) is 1.42. The Balaban J connectivity index is 3.01. The van der Waals surface area contributed by atoms with Gasteiger partial charge >= 0.3 is 0 Å². The molecular formula is C10H15ClN2O. The van der Waals surface area contributed by atoms with E-state index in [1.54, 1.807) is 25.2 Å². The molecule has 0 aliphatic rings. The second-order valence-electron chi connectivity index (χ2n) is 3.26. The zero-order valence-corrected chi connectivity index (χ0v) is 9.05. The second-order valence-corrected chi connectivity index (χ2v) is 3.67. The number of rotatable bonds is 3. The lowest BCUT2D eigenvalue weighted by molar-refractivity contribution is 0.141. The molecule has 0 saturated carbocycles. The van der Waals surface area contributed by atoms with E-state index in [1.807, 2.05) is 6.92 Å². The Morgan fingerprint density at radius 2 is 2.14 bits per heavy atom. The first kappa shape index (κ1) is 11.3. The standard InChI is InChI=1S/C10H15ClN2O/c1-6(13-2)10(14)7-4-3-5-8(11)9(7)12/h3-6,10,13-14H,12H2,1-2H3. The largest absolute Gasteiger partial charge is 0.397 e. The first-order valence-corrected chi connectivity index (χ1v) is 4.85. The number of hydrogen-bond acceptors (Lipinski definition) is 3. The lowest BCUT2D eigenvalue weighted by Crippen LogP contribution is -2.29. The van der Waals surface area contributed by atoms with Crippen LogP contribution in [0, 0.1) is 0 Å². The molecule has 2 unspecified atom stereocenters. The van der Waals surface area contributed by atoms with E-state index in [2.05, 4.69) is 5.32 Å². The van der Waals surface area contributed by atoms with E-state index in [4.69, 9.17) is 17.3 Å². The van der Waals surface area contributed by atoms with Crippen LogP contribution < -0.4 is 11.1 Å². The first-order valence-electron chi connectivity index (χ1n) is 4.47. The topological polar surface area (TPSA) is 58.3 Å². The van der Waals surface area contributed by atoms with Crippen LogP contribution in [-0.2, 0) is 0 Å². The minimum Gasteiger partial charge on any atom is -0.397 e. The molecule has 0 aliphatic carbocycles. The van der Waals surface area contributed by atoms with Crippen molar-refractivity contribution in [2.24, 2.45) is 0 Å². The first-order chi connectivity index (χ1) is 6.57. The van der Waals surface area contributed by atoms with Gasteiger partial charge in [-0.3, -0.25) is 0 Å².